The molecule has 5 heteroatoms. The first kappa shape index (κ1) is 51.1. The molecular weight excluding hydrogens is 643 g/mol. The number of unbranched alkanes of at least 4 members (excludes halogenated alkanes) is 34. The van der Waals surface area contributed by atoms with E-state index in [4.69, 9.17) is 0 Å². The van der Waals surface area contributed by atoms with Crippen LogP contribution in [0, 0.1) is 0 Å². The van der Waals surface area contributed by atoms with Crippen molar-refractivity contribution in [2.75, 3.05) is 6.61 Å². The second-order valence-corrected chi connectivity index (χ2v) is 16.4. The van der Waals surface area contributed by atoms with Gasteiger partial charge < -0.3 is 20.6 Å². The Balaban J connectivity index is 3.59. The molecule has 0 aliphatic rings. The third-order valence-electron chi connectivity index (χ3n) is 11.1. The summed E-state index contributed by atoms with van der Waals surface area (Å²) in [5.74, 6) is -0.311. The minimum Gasteiger partial charge on any atom is -0.394 e. The average Bonchev–Trinajstić information content (AvgIpc) is 3.14. The van der Waals surface area contributed by atoms with E-state index < -0.39 is 18.2 Å². The lowest BCUT2D eigenvalue weighted by Crippen LogP contribution is -2.45. The Morgan fingerprint density at radius 3 is 1.12 bits per heavy atom. The molecule has 0 fully saturated rings. The Morgan fingerprint density at radius 1 is 0.481 bits per heavy atom. The molecule has 0 saturated heterocycles. The molecule has 0 bridgehead atoms. The van der Waals surface area contributed by atoms with E-state index in [0.29, 0.717) is 6.42 Å². The molecule has 0 rings (SSSR count). The second kappa shape index (κ2) is 42.8. The number of aliphatic hydroxyl groups excluding tert-OH is 3. The maximum atomic E-state index is 12.4. The SMILES string of the molecule is CCCCCCCCCCCCCCCC/C=C/C(O)C(CO)NC(=O)CC(O)CCCCCCCCCCCCCCCCCCCCCCC. The standard InChI is InChI=1S/C47H93NO4/c1-3-5-7-9-11-13-15-17-19-21-22-23-24-25-26-28-30-32-34-36-38-40-44(50)42-47(52)48-45(43-49)46(51)41-39-37-35-33-31-29-27-20-18-16-14-12-10-8-6-4-2/h39,41,44-46,49-51H,3-38,40,42-43H2,1-2H3,(H,48,52)/b41-39+. The third kappa shape index (κ3) is 38.8. The van der Waals surface area contributed by atoms with Gasteiger partial charge in [0.15, 0.2) is 0 Å². The quantitative estimate of drug-likeness (QED) is 0.0371. The lowest BCUT2D eigenvalue weighted by molar-refractivity contribution is -0.124. The molecular formula is C47H93NO4. The molecule has 0 heterocycles. The van der Waals surface area contributed by atoms with Crippen molar-refractivity contribution < 1.29 is 20.1 Å². The van der Waals surface area contributed by atoms with Gasteiger partial charge in [-0.2, -0.15) is 0 Å². The van der Waals surface area contributed by atoms with E-state index in [-0.39, 0.29) is 18.9 Å². The summed E-state index contributed by atoms with van der Waals surface area (Å²) >= 11 is 0. The molecule has 0 saturated carbocycles. The lowest BCUT2D eigenvalue weighted by atomic mass is 10.0. The van der Waals surface area contributed by atoms with E-state index in [1.54, 1.807) is 6.08 Å². The number of hydrogen-bond acceptors (Lipinski definition) is 4. The van der Waals surface area contributed by atoms with Gasteiger partial charge in [0.25, 0.3) is 0 Å². The second-order valence-electron chi connectivity index (χ2n) is 16.4. The number of nitrogens with one attached hydrogen (secondary N) is 1. The van der Waals surface area contributed by atoms with E-state index in [9.17, 15) is 20.1 Å². The monoisotopic (exact) mass is 736 g/mol. The molecule has 52 heavy (non-hydrogen) atoms. The van der Waals surface area contributed by atoms with E-state index in [0.717, 1.165) is 25.7 Å². The molecule has 0 spiro atoms. The van der Waals surface area contributed by atoms with Crippen molar-refractivity contribution in [3.63, 3.8) is 0 Å². The van der Waals surface area contributed by atoms with Gasteiger partial charge in [-0.15, -0.1) is 0 Å². The fourth-order valence-electron chi connectivity index (χ4n) is 7.46. The number of aliphatic hydroxyl groups is 3. The van der Waals surface area contributed by atoms with Crippen LogP contribution in [0.25, 0.3) is 0 Å². The predicted molar refractivity (Wildman–Crippen MR) is 227 cm³/mol. The summed E-state index contributed by atoms with van der Waals surface area (Å²) in [7, 11) is 0. The molecule has 310 valence electrons. The van der Waals surface area contributed by atoms with Crippen molar-refractivity contribution in [1.29, 1.82) is 0 Å². The molecule has 1 amide bonds. The first-order valence-corrected chi connectivity index (χ1v) is 23.5. The highest BCUT2D eigenvalue weighted by Crippen LogP contribution is 2.17. The van der Waals surface area contributed by atoms with E-state index >= 15 is 0 Å². The molecule has 4 N–H and O–H groups in total. The normalized spacial score (nSPS) is 13.6. The fraction of sp³-hybridized carbons (Fsp3) is 0.936. The van der Waals surface area contributed by atoms with Crippen molar-refractivity contribution in [2.45, 2.75) is 276 Å². The minimum absolute atomic E-state index is 0.0190. The highest BCUT2D eigenvalue weighted by Gasteiger charge is 2.20. The summed E-state index contributed by atoms with van der Waals surface area (Å²) in [6, 6.07) is -0.739. The lowest BCUT2D eigenvalue weighted by Gasteiger charge is -2.21. The number of carbonyl (C=O) groups excluding carboxylic acids is 1. The number of rotatable bonds is 43. The summed E-state index contributed by atoms with van der Waals surface area (Å²) in [6.07, 6.45) is 50.8. The molecule has 0 aromatic heterocycles. The zero-order valence-corrected chi connectivity index (χ0v) is 35.2. The smallest absolute Gasteiger partial charge is 0.222 e. The Kier molecular flexibility index (Phi) is 42.1. The van der Waals surface area contributed by atoms with Crippen molar-refractivity contribution in [3.05, 3.63) is 12.2 Å². The van der Waals surface area contributed by atoms with Crippen LogP contribution in [0.15, 0.2) is 12.2 Å². The Labute approximate surface area is 325 Å². The number of amides is 1. The van der Waals surface area contributed by atoms with Gasteiger partial charge in [-0.1, -0.05) is 244 Å². The molecule has 0 aliphatic heterocycles. The van der Waals surface area contributed by atoms with Gasteiger partial charge in [0, 0.05) is 0 Å². The van der Waals surface area contributed by atoms with Crippen LogP contribution in [-0.4, -0.2) is 46.1 Å². The van der Waals surface area contributed by atoms with Gasteiger partial charge >= 0.3 is 0 Å². The van der Waals surface area contributed by atoms with Crippen molar-refractivity contribution in [1.82, 2.24) is 5.32 Å². The van der Waals surface area contributed by atoms with E-state index in [1.807, 2.05) is 6.08 Å². The van der Waals surface area contributed by atoms with Gasteiger partial charge in [-0.05, 0) is 19.3 Å². The van der Waals surface area contributed by atoms with Crippen molar-refractivity contribution >= 4 is 5.91 Å². The van der Waals surface area contributed by atoms with Gasteiger partial charge in [-0.3, -0.25) is 4.79 Å². The highest BCUT2D eigenvalue weighted by molar-refractivity contribution is 5.76. The molecule has 0 aliphatic carbocycles. The summed E-state index contributed by atoms with van der Waals surface area (Å²) in [6.45, 7) is 4.23. The Bertz CT molecular complexity index is 728. The van der Waals surface area contributed by atoms with Crippen LogP contribution >= 0.6 is 0 Å². The molecule has 3 atom stereocenters. The molecule has 0 aromatic carbocycles. The highest BCUT2D eigenvalue weighted by atomic mass is 16.3. The van der Waals surface area contributed by atoms with Crippen LogP contribution in [0.5, 0.6) is 0 Å². The average molecular weight is 736 g/mol. The summed E-state index contributed by atoms with van der Waals surface area (Å²) in [4.78, 5) is 12.4. The van der Waals surface area contributed by atoms with Crippen molar-refractivity contribution in [3.8, 4) is 0 Å². The van der Waals surface area contributed by atoms with Gasteiger partial charge in [0.05, 0.1) is 31.3 Å². The third-order valence-corrected chi connectivity index (χ3v) is 11.1. The van der Waals surface area contributed by atoms with E-state index in [2.05, 4.69) is 19.2 Å². The van der Waals surface area contributed by atoms with Crippen LogP contribution in [0.4, 0.5) is 0 Å². The molecule has 3 unspecified atom stereocenters. The summed E-state index contributed by atoms with van der Waals surface area (Å²) in [5, 5.41) is 33.3. The van der Waals surface area contributed by atoms with Crippen molar-refractivity contribution in [2.24, 2.45) is 0 Å². The number of hydrogen-bond donors (Lipinski definition) is 4. The number of allylic oxidation sites excluding steroid dienone is 1. The van der Waals surface area contributed by atoms with Crippen LogP contribution in [-0.2, 0) is 4.79 Å². The maximum Gasteiger partial charge on any atom is 0.222 e. The van der Waals surface area contributed by atoms with Gasteiger partial charge in [0.1, 0.15) is 0 Å². The van der Waals surface area contributed by atoms with Crippen LogP contribution in [0.2, 0.25) is 0 Å². The Hall–Kier alpha value is -0.910. The van der Waals surface area contributed by atoms with Crippen LogP contribution in [0.1, 0.15) is 258 Å². The summed E-state index contributed by atoms with van der Waals surface area (Å²) < 4.78 is 0. The molecule has 5 nitrogen and oxygen atoms in total. The van der Waals surface area contributed by atoms with Gasteiger partial charge in [-0.25, -0.2) is 0 Å². The topological polar surface area (TPSA) is 89.8 Å². The van der Waals surface area contributed by atoms with Crippen LogP contribution in [0.3, 0.4) is 0 Å². The summed E-state index contributed by atoms with van der Waals surface area (Å²) in [5.41, 5.74) is 0. The molecule has 0 aromatic rings. The first-order chi connectivity index (χ1) is 25.5. The fourth-order valence-corrected chi connectivity index (χ4v) is 7.46. The Morgan fingerprint density at radius 2 is 0.788 bits per heavy atom. The predicted octanol–water partition coefficient (Wildman–Crippen LogP) is 13.6. The van der Waals surface area contributed by atoms with Crippen LogP contribution < -0.4 is 5.32 Å². The molecule has 0 radical (unpaired) electrons. The largest absolute Gasteiger partial charge is 0.394 e. The first-order valence-electron chi connectivity index (χ1n) is 23.5. The van der Waals surface area contributed by atoms with E-state index in [1.165, 1.54) is 205 Å². The zero-order valence-electron chi connectivity index (χ0n) is 35.2. The number of carbonyl (C=O) groups is 1. The maximum absolute atomic E-state index is 12.4. The zero-order chi connectivity index (χ0) is 38.0. The minimum atomic E-state index is -0.924. The van der Waals surface area contributed by atoms with Gasteiger partial charge in [0.2, 0.25) is 5.91 Å².